The number of terminal acetylenes is 1. The molecule has 18 heavy (non-hydrogen) atoms. The first-order chi connectivity index (χ1) is 8.79. The molecule has 0 aliphatic rings. The molecule has 2 aromatic carbocycles. The van der Waals surface area contributed by atoms with Crippen molar-refractivity contribution in [2.45, 2.75) is 0 Å². The maximum atomic E-state index is 5.37. The van der Waals surface area contributed by atoms with Crippen molar-refractivity contribution in [2.24, 2.45) is 0 Å². The lowest BCUT2D eigenvalue weighted by Gasteiger charge is -2.09. The first-order valence-electron chi connectivity index (χ1n) is 5.83. The van der Waals surface area contributed by atoms with Crippen LogP contribution in [-0.2, 0) is 0 Å². The van der Waals surface area contributed by atoms with E-state index in [1.165, 1.54) is 0 Å². The highest BCUT2D eigenvalue weighted by Crippen LogP contribution is 2.14. The number of hydrogen-bond donors (Lipinski definition) is 1. The van der Waals surface area contributed by atoms with Crippen molar-refractivity contribution < 1.29 is 0 Å². The molecule has 0 aliphatic carbocycles. The number of nitrogens with one attached hydrogen (secondary N) is 1. The molecule has 0 amide bonds. The third kappa shape index (κ3) is 3.02. The molecule has 0 saturated carbocycles. The average molecular weight is 233 g/mol. The molecule has 0 heterocycles. The minimum Gasteiger partial charge on any atom is -0.381 e. The molecule has 1 N–H and O–H groups in total. The second-order valence-electron chi connectivity index (χ2n) is 4.05. The molecule has 0 saturated heterocycles. The lowest BCUT2D eigenvalue weighted by atomic mass is 10.1. The van der Waals surface area contributed by atoms with Gasteiger partial charge in [0, 0.05) is 17.8 Å². The first kappa shape index (κ1) is 12.0. The molecule has 0 atom stereocenters. The molecule has 0 bridgehead atoms. The number of hydrogen-bond acceptors (Lipinski definition) is 1. The van der Waals surface area contributed by atoms with Gasteiger partial charge in [-0.1, -0.05) is 48.9 Å². The van der Waals surface area contributed by atoms with E-state index in [-0.39, 0.29) is 0 Å². The SMILES string of the molecule is C#Cc1cccc(NCC(=C)c2ccccc2)c1. The number of benzene rings is 2. The molecule has 0 radical (unpaired) electrons. The Balaban J connectivity index is 2.00. The van der Waals surface area contributed by atoms with Crippen LogP contribution in [0, 0.1) is 12.3 Å². The summed E-state index contributed by atoms with van der Waals surface area (Å²) < 4.78 is 0. The van der Waals surface area contributed by atoms with E-state index in [2.05, 4.69) is 29.9 Å². The zero-order chi connectivity index (χ0) is 12.8. The third-order valence-corrected chi connectivity index (χ3v) is 2.72. The van der Waals surface area contributed by atoms with Crippen molar-refractivity contribution in [3.63, 3.8) is 0 Å². The van der Waals surface area contributed by atoms with Crippen LogP contribution < -0.4 is 5.32 Å². The summed E-state index contributed by atoms with van der Waals surface area (Å²) >= 11 is 0. The fourth-order valence-corrected chi connectivity index (χ4v) is 1.70. The molecule has 0 aliphatic heterocycles. The predicted octanol–water partition coefficient (Wildman–Crippen LogP) is 3.79. The maximum absolute atomic E-state index is 5.37. The van der Waals surface area contributed by atoms with E-state index >= 15 is 0 Å². The highest BCUT2D eigenvalue weighted by molar-refractivity contribution is 5.67. The van der Waals surface area contributed by atoms with Crippen molar-refractivity contribution in [3.05, 3.63) is 72.3 Å². The number of rotatable bonds is 4. The third-order valence-electron chi connectivity index (χ3n) is 2.72. The predicted molar refractivity (Wildman–Crippen MR) is 78.3 cm³/mol. The van der Waals surface area contributed by atoms with Gasteiger partial charge in [0.25, 0.3) is 0 Å². The summed E-state index contributed by atoms with van der Waals surface area (Å²) in [5.41, 5.74) is 4.10. The van der Waals surface area contributed by atoms with Gasteiger partial charge in [-0.15, -0.1) is 6.42 Å². The van der Waals surface area contributed by atoms with E-state index < -0.39 is 0 Å². The largest absolute Gasteiger partial charge is 0.381 e. The van der Waals surface area contributed by atoms with Crippen LogP contribution in [0.3, 0.4) is 0 Å². The zero-order valence-corrected chi connectivity index (χ0v) is 10.2. The highest BCUT2D eigenvalue weighted by Gasteiger charge is 1.98. The van der Waals surface area contributed by atoms with Crippen molar-refractivity contribution in [3.8, 4) is 12.3 Å². The van der Waals surface area contributed by atoms with Gasteiger partial charge in [0.15, 0.2) is 0 Å². The Kier molecular flexibility index (Phi) is 3.83. The monoisotopic (exact) mass is 233 g/mol. The minimum atomic E-state index is 0.706. The Morgan fingerprint density at radius 3 is 2.61 bits per heavy atom. The van der Waals surface area contributed by atoms with Gasteiger partial charge in [-0.25, -0.2) is 0 Å². The molecular formula is C17H15N. The zero-order valence-electron chi connectivity index (χ0n) is 10.2. The van der Waals surface area contributed by atoms with E-state index in [4.69, 9.17) is 6.42 Å². The summed E-state index contributed by atoms with van der Waals surface area (Å²) in [5, 5.41) is 3.32. The van der Waals surface area contributed by atoms with Crippen molar-refractivity contribution >= 4 is 11.3 Å². The maximum Gasteiger partial charge on any atom is 0.0400 e. The molecule has 0 unspecified atom stereocenters. The Morgan fingerprint density at radius 1 is 1.11 bits per heavy atom. The average Bonchev–Trinajstić information content (AvgIpc) is 2.46. The van der Waals surface area contributed by atoms with Crippen LogP contribution in [0.4, 0.5) is 5.69 Å². The summed E-state index contributed by atoms with van der Waals surface area (Å²) in [5.74, 6) is 2.62. The molecule has 1 nitrogen and oxygen atoms in total. The van der Waals surface area contributed by atoms with Gasteiger partial charge in [-0.05, 0) is 29.3 Å². The van der Waals surface area contributed by atoms with Gasteiger partial charge in [-0.2, -0.15) is 0 Å². The normalized spacial score (nSPS) is 9.50. The summed E-state index contributed by atoms with van der Waals surface area (Å²) in [4.78, 5) is 0. The van der Waals surface area contributed by atoms with Crippen molar-refractivity contribution in [2.75, 3.05) is 11.9 Å². The minimum absolute atomic E-state index is 0.706. The molecule has 0 fully saturated rings. The second kappa shape index (κ2) is 5.75. The molecule has 0 aromatic heterocycles. The molecule has 2 rings (SSSR count). The Hall–Kier alpha value is -2.46. The Morgan fingerprint density at radius 2 is 1.89 bits per heavy atom. The van der Waals surface area contributed by atoms with Crippen LogP contribution in [0.25, 0.3) is 5.57 Å². The van der Waals surface area contributed by atoms with E-state index in [0.717, 1.165) is 22.4 Å². The fourth-order valence-electron chi connectivity index (χ4n) is 1.70. The van der Waals surface area contributed by atoms with E-state index in [1.807, 2.05) is 42.5 Å². The molecule has 88 valence electrons. The standard InChI is InChI=1S/C17H15N/c1-3-15-8-7-11-17(12-15)18-13-14(2)16-9-5-4-6-10-16/h1,4-12,18H,2,13H2. The Bertz CT molecular complexity index is 576. The van der Waals surface area contributed by atoms with Crippen molar-refractivity contribution in [1.29, 1.82) is 0 Å². The number of anilines is 1. The fraction of sp³-hybridized carbons (Fsp3) is 0.0588. The van der Waals surface area contributed by atoms with Crippen LogP contribution in [0.15, 0.2) is 61.2 Å². The summed E-state index contributed by atoms with van der Waals surface area (Å²) in [6.45, 7) is 4.79. The van der Waals surface area contributed by atoms with Crippen molar-refractivity contribution in [1.82, 2.24) is 0 Å². The van der Waals surface area contributed by atoms with Gasteiger partial charge < -0.3 is 5.32 Å². The van der Waals surface area contributed by atoms with Gasteiger partial charge in [0.1, 0.15) is 0 Å². The smallest absolute Gasteiger partial charge is 0.0400 e. The molecule has 2 aromatic rings. The van der Waals surface area contributed by atoms with Crippen LogP contribution in [0.2, 0.25) is 0 Å². The lowest BCUT2D eigenvalue weighted by molar-refractivity contribution is 1.34. The first-order valence-corrected chi connectivity index (χ1v) is 5.83. The van der Waals surface area contributed by atoms with Crippen LogP contribution in [0.1, 0.15) is 11.1 Å². The molecular weight excluding hydrogens is 218 g/mol. The van der Waals surface area contributed by atoms with E-state index in [0.29, 0.717) is 6.54 Å². The second-order valence-corrected chi connectivity index (χ2v) is 4.05. The highest BCUT2D eigenvalue weighted by atomic mass is 14.9. The van der Waals surface area contributed by atoms with Crippen LogP contribution in [0.5, 0.6) is 0 Å². The lowest BCUT2D eigenvalue weighted by Crippen LogP contribution is -2.03. The van der Waals surface area contributed by atoms with E-state index in [9.17, 15) is 0 Å². The summed E-state index contributed by atoms with van der Waals surface area (Å²) in [7, 11) is 0. The van der Waals surface area contributed by atoms with Crippen LogP contribution in [-0.4, -0.2) is 6.54 Å². The van der Waals surface area contributed by atoms with Crippen LogP contribution >= 0.6 is 0 Å². The summed E-state index contributed by atoms with van der Waals surface area (Å²) in [6.07, 6.45) is 5.37. The molecule has 0 spiro atoms. The van der Waals surface area contributed by atoms with E-state index in [1.54, 1.807) is 0 Å². The van der Waals surface area contributed by atoms with Gasteiger partial charge in [0.2, 0.25) is 0 Å². The van der Waals surface area contributed by atoms with Gasteiger partial charge >= 0.3 is 0 Å². The van der Waals surface area contributed by atoms with Gasteiger partial charge in [0.05, 0.1) is 0 Å². The topological polar surface area (TPSA) is 12.0 Å². The molecule has 1 heteroatoms. The Labute approximate surface area is 108 Å². The quantitative estimate of drug-likeness (QED) is 0.792. The van der Waals surface area contributed by atoms with Gasteiger partial charge in [-0.3, -0.25) is 0 Å². The summed E-state index contributed by atoms with van der Waals surface area (Å²) in [6, 6.07) is 18.0.